The van der Waals surface area contributed by atoms with Gasteiger partial charge in [-0.15, -0.1) is 0 Å². The summed E-state index contributed by atoms with van der Waals surface area (Å²) in [6.45, 7) is 0. The number of carbonyl (C=O) groups is 1. The molecule has 1 aromatic rings. The van der Waals surface area contributed by atoms with Crippen LogP contribution in [-0.2, 0) is 21.1 Å². The SMILES string of the molecule is O=C(CS)Cc1ccc(S(=O)(=O)C(F)(F)F)cc1. The van der Waals surface area contributed by atoms with Crippen molar-refractivity contribution < 1.29 is 26.4 Å². The van der Waals surface area contributed by atoms with E-state index in [1.165, 1.54) is 12.1 Å². The standard InChI is InChI=1S/C10H9F3O3S2/c11-10(12,13)18(15,16)9-3-1-7(2-4-9)5-8(14)6-17/h1-4,17H,5-6H2. The minimum atomic E-state index is -5.33. The van der Waals surface area contributed by atoms with E-state index in [0.717, 1.165) is 12.1 Å². The molecule has 0 heterocycles. The summed E-state index contributed by atoms with van der Waals surface area (Å²) in [7, 11) is -5.33. The molecule has 1 aromatic carbocycles. The number of hydrogen-bond donors (Lipinski definition) is 1. The maximum Gasteiger partial charge on any atom is 0.501 e. The molecule has 0 bridgehead atoms. The zero-order chi connectivity index (χ0) is 14.0. The van der Waals surface area contributed by atoms with E-state index >= 15 is 0 Å². The Labute approximate surface area is 107 Å². The Morgan fingerprint density at radius 2 is 1.67 bits per heavy atom. The van der Waals surface area contributed by atoms with Crippen LogP contribution >= 0.6 is 12.6 Å². The molecule has 1 rings (SSSR count). The number of rotatable bonds is 4. The van der Waals surface area contributed by atoms with Crippen LogP contribution in [0.2, 0.25) is 0 Å². The van der Waals surface area contributed by atoms with Gasteiger partial charge in [0, 0.05) is 12.2 Å². The first-order valence-electron chi connectivity index (χ1n) is 4.71. The lowest BCUT2D eigenvalue weighted by molar-refractivity contribution is -0.115. The highest BCUT2D eigenvalue weighted by Gasteiger charge is 2.46. The van der Waals surface area contributed by atoms with Gasteiger partial charge in [-0.1, -0.05) is 12.1 Å². The Morgan fingerprint density at radius 1 is 1.17 bits per heavy atom. The lowest BCUT2D eigenvalue weighted by atomic mass is 10.1. The fourth-order valence-electron chi connectivity index (χ4n) is 1.20. The van der Waals surface area contributed by atoms with Gasteiger partial charge in [0.05, 0.1) is 4.90 Å². The number of hydrogen-bond acceptors (Lipinski definition) is 4. The van der Waals surface area contributed by atoms with Crippen LogP contribution in [0.3, 0.4) is 0 Å². The highest BCUT2D eigenvalue weighted by Crippen LogP contribution is 2.30. The van der Waals surface area contributed by atoms with Gasteiger partial charge in [0.2, 0.25) is 0 Å². The molecule has 0 unspecified atom stereocenters. The molecule has 0 N–H and O–H groups in total. The van der Waals surface area contributed by atoms with E-state index in [1.807, 2.05) is 0 Å². The second-order valence-electron chi connectivity index (χ2n) is 3.47. The predicted molar refractivity (Wildman–Crippen MR) is 62.2 cm³/mol. The monoisotopic (exact) mass is 298 g/mol. The summed E-state index contributed by atoms with van der Waals surface area (Å²) < 4.78 is 58.8. The van der Waals surface area contributed by atoms with Crippen LogP contribution in [0.1, 0.15) is 5.56 Å². The number of Topliss-reactive ketones (excluding diaryl/α,β-unsaturated/α-hetero) is 1. The van der Waals surface area contributed by atoms with Crippen LogP contribution in [0.25, 0.3) is 0 Å². The molecule has 0 aliphatic rings. The molecule has 0 aromatic heterocycles. The van der Waals surface area contributed by atoms with Crippen LogP contribution < -0.4 is 0 Å². The summed E-state index contributed by atoms with van der Waals surface area (Å²) in [4.78, 5) is 10.2. The number of alkyl halides is 3. The molecule has 18 heavy (non-hydrogen) atoms. The summed E-state index contributed by atoms with van der Waals surface area (Å²) >= 11 is 3.76. The molecule has 8 heteroatoms. The molecule has 0 saturated heterocycles. The number of carbonyl (C=O) groups excluding carboxylic acids is 1. The largest absolute Gasteiger partial charge is 0.501 e. The zero-order valence-electron chi connectivity index (χ0n) is 8.94. The average molecular weight is 298 g/mol. The lowest BCUT2D eigenvalue weighted by Crippen LogP contribution is -2.23. The molecule has 0 spiro atoms. The van der Waals surface area contributed by atoms with E-state index in [2.05, 4.69) is 12.6 Å². The van der Waals surface area contributed by atoms with Gasteiger partial charge in [-0.3, -0.25) is 4.79 Å². The minimum absolute atomic E-state index is 0.00977. The Kier molecular flexibility index (Phi) is 4.44. The Bertz CT molecular complexity index is 532. The first-order valence-corrected chi connectivity index (χ1v) is 6.83. The van der Waals surface area contributed by atoms with Gasteiger partial charge in [-0.05, 0) is 17.7 Å². The fourth-order valence-corrected chi connectivity index (χ4v) is 2.08. The number of benzene rings is 1. The first kappa shape index (κ1) is 15.0. The molecule has 0 radical (unpaired) electrons. The van der Waals surface area contributed by atoms with Gasteiger partial charge in [0.15, 0.2) is 0 Å². The second kappa shape index (κ2) is 5.31. The molecule has 0 aliphatic carbocycles. The third kappa shape index (κ3) is 3.26. The van der Waals surface area contributed by atoms with Gasteiger partial charge >= 0.3 is 5.51 Å². The third-order valence-corrected chi connectivity index (χ3v) is 3.97. The molecular formula is C10H9F3O3S2. The van der Waals surface area contributed by atoms with Gasteiger partial charge in [0.1, 0.15) is 5.78 Å². The second-order valence-corrected chi connectivity index (χ2v) is 5.72. The topological polar surface area (TPSA) is 51.2 Å². The summed E-state index contributed by atoms with van der Waals surface area (Å²) in [5, 5.41) is 0. The fraction of sp³-hybridized carbons (Fsp3) is 0.300. The van der Waals surface area contributed by atoms with Gasteiger partial charge in [0.25, 0.3) is 9.84 Å². The molecule has 0 fully saturated rings. The van der Waals surface area contributed by atoms with Gasteiger partial charge in [-0.25, -0.2) is 8.42 Å². The summed E-state index contributed by atoms with van der Waals surface area (Å²) in [6.07, 6.45) is 0.00977. The van der Waals surface area contributed by atoms with Crippen molar-refractivity contribution in [1.82, 2.24) is 0 Å². The van der Waals surface area contributed by atoms with Gasteiger partial charge < -0.3 is 0 Å². The van der Waals surface area contributed by atoms with Crippen molar-refractivity contribution in [3.63, 3.8) is 0 Å². The summed E-state index contributed by atoms with van der Waals surface area (Å²) in [5.41, 5.74) is -4.88. The van der Waals surface area contributed by atoms with E-state index in [-0.39, 0.29) is 18.0 Å². The number of thiol groups is 1. The Balaban J connectivity index is 3.01. The summed E-state index contributed by atoms with van der Waals surface area (Å²) in [6, 6.07) is 4.04. The maximum atomic E-state index is 12.2. The van der Waals surface area contributed by atoms with Crippen LogP contribution in [-0.4, -0.2) is 25.5 Å². The normalized spacial score (nSPS) is 12.4. The molecule has 0 saturated carbocycles. The maximum absolute atomic E-state index is 12.2. The minimum Gasteiger partial charge on any atom is -0.298 e. The quantitative estimate of drug-likeness (QED) is 0.865. The number of sulfone groups is 1. The van der Waals surface area contributed by atoms with Crippen molar-refractivity contribution >= 4 is 28.2 Å². The third-order valence-electron chi connectivity index (χ3n) is 2.12. The first-order chi connectivity index (χ1) is 8.18. The molecular weight excluding hydrogens is 289 g/mol. The number of ketones is 1. The van der Waals surface area contributed by atoms with E-state index in [9.17, 15) is 26.4 Å². The highest BCUT2D eigenvalue weighted by atomic mass is 32.2. The van der Waals surface area contributed by atoms with Crippen molar-refractivity contribution in [1.29, 1.82) is 0 Å². The number of halogens is 3. The van der Waals surface area contributed by atoms with E-state index in [4.69, 9.17) is 0 Å². The van der Waals surface area contributed by atoms with Crippen molar-refractivity contribution in [3.05, 3.63) is 29.8 Å². The molecule has 3 nitrogen and oxygen atoms in total. The smallest absolute Gasteiger partial charge is 0.298 e. The molecule has 0 atom stereocenters. The lowest BCUT2D eigenvalue weighted by Gasteiger charge is -2.08. The highest BCUT2D eigenvalue weighted by molar-refractivity contribution is 7.92. The van der Waals surface area contributed by atoms with Gasteiger partial charge in [-0.2, -0.15) is 25.8 Å². The van der Waals surface area contributed by atoms with Crippen LogP contribution in [0.5, 0.6) is 0 Å². The van der Waals surface area contributed by atoms with E-state index in [0.29, 0.717) is 5.56 Å². The Hall–Kier alpha value is -1.02. The zero-order valence-corrected chi connectivity index (χ0v) is 10.6. The summed E-state index contributed by atoms with van der Waals surface area (Å²) in [5.74, 6) is -0.187. The van der Waals surface area contributed by atoms with Crippen molar-refractivity contribution in [2.75, 3.05) is 5.75 Å². The predicted octanol–water partition coefficient (Wildman–Crippen LogP) is 2.02. The van der Waals surface area contributed by atoms with Crippen LogP contribution in [0, 0.1) is 0 Å². The van der Waals surface area contributed by atoms with Crippen molar-refractivity contribution in [3.8, 4) is 0 Å². The molecule has 0 amide bonds. The Morgan fingerprint density at radius 3 is 2.06 bits per heavy atom. The van der Waals surface area contributed by atoms with Crippen molar-refractivity contribution in [2.45, 2.75) is 16.8 Å². The van der Waals surface area contributed by atoms with Crippen LogP contribution in [0.4, 0.5) is 13.2 Å². The molecule has 100 valence electrons. The molecule has 0 aliphatic heterocycles. The van der Waals surface area contributed by atoms with Crippen LogP contribution in [0.15, 0.2) is 29.2 Å². The average Bonchev–Trinajstić information content (AvgIpc) is 2.28. The van der Waals surface area contributed by atoms with E-state index in [1.54, 1.807) is 0 Å². The van der Waals surface area contributed by atoms with Crippen molar-refractivity contribution in [2.24, 2.45) is 0 Å². The van der Waals surface area contributed by atoms with E-state index < -0.39 is 20.2 Å².